The van der Waals surface area contributed by atoms with E-state index in [-0.39, 0.29) is 0 Å². The molecule has 1 unspecified atom stereocenters. The first-order valence-corrected chi connectivity index (χ1v) is 5.63. The average Bonchev–Trinajstić information content (AvgIpc) is 2.20. The van der Waals surface area contributed by atoms with Crippen LogP contribution in [0.25, 0.3) is 5.57 Å². The molecule has 0 amide bonds. The van der Waals surface area contributed by atoms with Crippen molar-refractivity contribution in [3.63, 3.8) is 0 Å². The molecule has 0 saturated heterocycles. The van der Waals surface area contributed by atoms with Gasteiger partial charge in [-0.1, -0.05) is 43.3 Å². The molecule has 0 spiro atoms. The predicted molar refractivity (Wildman–Crippen MR) is 66.7 cm³/mol. The molecule has 0 N–H and O–H groups in total. The molecule has 0 radical (unpaired) electrons. The minimum Gasteiger partial charge on any atom is -0.0837 e. The van der Waals surface area contributed by atoms with Crippen LogP contribution < -0.4 is 0 Å². The van der Waals surface area contributed by atoms with Gasteiger partial charge in [0.25, 0.3) is 0 Å². The molecule has 0 fully saturated rings. The van der Waals surface area contributed by atoms with Crippen LogP contribution in [0, 0.1) is 12.8 Å². The zero-order valence-electron chi connectivity index (χ0n) is 9.75. The van der Waals surface area contributed by atoms with Crippen LogP contribution >= 0.6 is 0 Å². The van der Waals surface area contributed by atoms with Gasteiger partial charge in [-0.3, -0.25) is 0 Å². The molecular weight excluding hydrogens is 180 g/mol. The van der Waals surface area contributed by atoms with Crippen molar-refractivity contribution in [2.45, 2.75) is 27.2 Å². The molecule has 0 heterocycles. The van der Waals surface area contributed by atoms with Crippen LogP contribution in [-0.4, -0.2) is 0 Å². The first-order chi connectivity index (χ1) is 7.20. The van der Waals surface area contributed by atoms with E-state index < -0.39 is 0 Å². The van der Waals surface area contributed by atoms with E-state index in [0.29, 0.717) is 5.92 Å². The number of hydrogen-bond acceptors (Lipinski definition) is 0. The van der Waals surface area contributed by atoms with E-state index in [1.54, 1.807) is 0 Å². The highest BCUT2D eigenvalue weighted by Crippen LogP contribution is 2.34. The molecule has 1 atom stereocenters. The maximum absolute atomic E-state index is 2.31. The smallest absolute Gasteiger partial charge is 0.0147 e. The van der Waals surface area contributed by atoms with Gasteiger partial charge >= 0.3 is 0 Å². The van der Waals surface area contributed by atoms with Crippen LogP contribution in [0.1, 0.15) is 31.4 Å². The van der Waals surface area contributed by atoms with Gasteiger partial charge in [-0.15, -0.1) is 0 Å². The lowest BCUT2D eigenvalue weighted by molar-refractivity contribution is 0.751. The average molecular weight is 198 g/mol. The zero-order chi connectivity index (χ0) is 10.8. The maximum atomic E-state index is 2.31. The summed E-state index contributed by atoms with van der Waals surface area (Å²) in [6.07, 6.45) is 5.70. The summed E-state index contributed by atoms with van der Waals surface area (Å²) >= 11 is 0. The summed E-state index contributed by atoms with van der Waals surface area (Å²) in [5.41, 5.74) is 5.75. The van der Waals surface area contributed by atoms with Crippen LogP contribution in [0.3, 0.4) is 0 Å². The van der Waals surface area contributed by atoms with Gasteiger partial charge in [0.05, 0.1) is 0 Å². The molecule has 1 aliphatic carbocycles. The Morgan fingerprint density at radius 3 is 2.53 bits per heavy atom. The molecule has 0 nitrogen and oxygen atoms in total. The second kappa shape index (κ2) is 4.06. The molecule has 2 rings (SSSR count). The largest absolute Gasteiger partial charge is 0.0837 e. The van der Waals surface area contributed by atoms with Crippen molar-refractivity contribution in [1.82, 2.24) is 0 Å². The Balaban J connectivity index is 2.54. The zero-order valence-corrected chi connectivity index (χ0v) is 9.75. The van der Waals surface area contributed by atoms with Crippen molar-refractivity contribution >= 4 is 5.57 Å². The summed E-state index contributed by atoms with van der Waals surface area (Å²) in [4.78, 5) is 0. The Morgan fingerprint density at radius 1 is 1.13 bits per heavy atom. The van der Waals surface area contributed by atoms with Gasteiger partial charge in [-0.25, -0.2) is 0 Å². The topological polar surface area (TPSA) is 0 Å². The minimum atomic E-state index is 0.649. The summed E-state index contributed by atoms with van der Waals surface area (Å²) in [6.45, 7) is 6.73. The Bertz CT molecular complexity index is 421. The highest BCUT2D eigenvalue weighted by Gasteiger charge is 2.16. The van der Waals surface area contributed by atoms with E-state index in [9.17, 15) is 0 Å². The van der Waals surface area contributed by atoms with E-state index in [4.69, 9.17) is 0 Å². The first kappa shape index (κ1) is 10.2. The SMILES string of the molecule is CC1=C(c2ccccc2C)C(C)CC=C1. The van der Waals surface area contributed by atoms with Crippen molar-refractivity contribution in [1.29, 1.82) is 0 Å². The lowest BCUT2D eigenvalue weighted by Crippen LogP contribution is -2.04. The van der Waals surface area contributed by atoms with Crippen LogP contribution in [0.4, 0.5) is 0 Å². The second-order valence-corrected chi connectivity index (χ2v) is 4.45. The molecule has 0 saturated carbocycles. The normalized spacial score (nSPS) is 20.9. The molecule has 1 aromatic carbocycles. The number of aryl methyl sites for hydroxylation is 1. The standard InChI is InChI=1S/C15H18/c1-11-7-4-5-10-14(11)15-12(2)8-6-9-13(15)3/h4-8,10,13H,9H2,1-3H3. The first-order valence-electron chi connectivity index (χ1n) is 5.63. The third-order valence-electron chi connectivity index (χ3n) is 3.21. The molecule has 1 aromatic rings. The third-order valence-corrected chi connectivity index (χ3v) is 3.21. The van der Waals surface area contributed by atoms with Gasteiger partial charge in [-0.2, -0.15) is 0 Å². The van der Waals surface area contributed by atoms with Crippen molar-refractivity contribution in [3.8, 4) is 0 Å². The van der Waals surface area contributed by atoms with Crippen molar-refractivity contribution in [3.05, 3.63) is 53.1 Å². The third kappa shape index (κ3) is 1.90. The fraction of sp³-hybridized carbons (Fsp3) is 0.333. The van der Waals surface area contributed by atoms with E-state index in [1.165, 1.54) is 28.7 Å². The Labute approximate surface area is 92.3 Å². The summed E-state index contributed by atoms with van der Waals surface area (Å²) < 4.78 is 0. The van der Waals surface area contributed by atoms with Gasteiger partial charge < -0.3 is 0 Å². The molecule has 1 aliphatic rings. The molecular formula is C15H18. The maximum Gasteiger partial charge on any atom is -0.0147 e. The highest BCUT2D eigenvalue weighted by atomic mass is 14.2. The monoisotopic (exact) mass is 198 g/mol. The van der Waals surface area contributed by atoms with Gasteiger partial charge in [0.1, 0.15) is 0 Å². The molecule has 15 heavy (non-hydrogen) atoms. The molecule has 0 aromatic heterocycles. The summed E-state index contributed by atoms with van der Waals surface area (Å²) in [5.74, 6) is 0.649. The van der Waals surface area contributed by atoms with Crippen LogP contribution in [0.2, 0.25) is 0 Å². The van der Waals surface area contributed by atoms with E-state index in [1.807, 2.05) is 0 Å². The predicted octanol–water partition coefficient (Wildman–Crippen LogP) is 4.36. The number of hydrogen-bond donors (Lipinski definition) is 0. The van der Waals surface area contributed by atoms with Gasteiger partial charge in [0.15, 0.2) is 0 Å². The van der Waals surface area contributed by atoms with E-state index in [0.717, 1.165) is 0 Å². The second-order valence-electron chi connectivity index (χ2n) is 4.45. The van der Waals surface area contributed by atoms with Crippen molar-refractivity contribution in [2.75, 3.05) is 0 Å². The lowest BCUT2D eigenvalue weighted by atomic mass is 9.83. The molecule has 0 aliphatic heterocycles. The fourth-order valence-electron chi connectivity index (χ4n) is 2.40. The number of rotatable bonds is 1. The Hall–Kier alpha value is -1.30. The highest BCUT2D eigenvalue weighted by molar-refractivity contribution is 5.75. The van der Waals surface area contributed by atoms with Gasteiger partial charge in [0, 0.05) is 0 Å². The van der Waals surface area contributed by atoms with Crippen LogP contribution in [0.5, 0.6) is 0 Å². The Morgan fingerprint density at radius 2 is 1.87 bits per heavy atom. The lowest BCUT2D eigenvalue weighted by Gasteiger charge is -2.22. The van der Waals surface area contributed by atoms with E-state index >= 15 is 0 Å². The molecule has 0 bridgehead atoms. The summed E-state index contributed by atoms with van der Waals surface area (Å²) in [5, 5.41) is 0. The quantitative estimate of drug-likeness (QED) is 0.628. The van der Waals surface area contributed by atoms with Crippen molar-refractivity contribution in [2.24, 2.45) is 5.92 Å². The Kier molecular flexibility index (Phi) is 2.77. The van der Waals surface area contributed by atoms with Crippen molar-refractivity contribution < 1.29 is 0 Å². The summed E-state index contributed by atoms with van der Waals surface area (Å²) in [6, 6.07) is 8.68. The minimum absolute atomic E-state index is 0.649. The van der Waals surface area contributed by atoms with Gasteiger partial charge in [0.2, 0.25) is 0 Å². The number of allylic oxidation sites excluding steroid dienone is 4. The van der Waals surface area contributed by atoms with Gasteiger partial charge in [-0.05, 0) is 48.5 Å². The fourth-order valence-corrected chi connectivity index (χ4v) is 2.40. The van der Waals surface area contributed by atoms with Crippen LogP contribution in [0.15, 0.2) is 42.0 Å². The number of benzene rings is 1. The van der Waals surface area contributed by atoms with Crippen LogP contribution in [-0.2, 0) is 0 Å². The summed E-state index contributed by atoms with van der Waals surface area (Å²) in [7, 11) is 0. The van der Waals surface area contributed by atoms with E-state index in [2.05, 4.69) is 57.2 Å². The molecule has 78 valence electrons. The molecule has 0 heteroatoms.